The van der Waals surface area contributed by atoms with E-state index >= 15 is 0 Å². The lowest BCUT2D eigenvalue weighted by molar-refractivity contribution is -0.0665. The molecule has 1 aromatic rings. The van der Waals surface area contributed by atoms with E-state index in [0.29, 0.717) is 29.3 Å². The zero-order valence-corrected chi connectivity index (χ0v) is 16.6. The lowest BCUT2D eigenvalue weighted by Crippen LogP contribution is -2.63. The highest BCUT2D eigenvalue weighted by Gasteiger charge is 2.53. The molecule has 0 bridgehead atoms. The number of allylic oxidation sites excluding steroid dienone is 3. The number of ether oxygens (including phenoxy) is 1. The Morgan fingerprint density at radius 2 is 2.08 bits per heavy atom. The van der Waals surface area contributed by atoms with Crippen LogP contribution < -0.4 is 10.0 Å². The lowest BCUT2D eigenvalue weighted by atomic mass is 9.56. The highest BCUT2D eigenvalue weighted by atomic mass is 31.0. The average molecular weight is 357 g/mol. The van der Waals surface area contributed by atoms with E-state index in [2.05, 4.69) is 28.8 Å². The van der Waals surface area contributed by atoms with Crippen LogP contribution in [0.3, 0.4) is 0 Å². The van der Waals surface area contributed by atoms with Crippen molar-refractivity contribution < 1.29 is 9.53 Å². The Bertz CT molecular complexity index is 723. The van der Waals surface area contributed by atoms with Crippen molar-refractivity contribution in [1.82, 2.24) is 4.90 Å². The summed E-state index contributed by atoms with van der Waals surface area (Å²) in [5, 5.41) is 1.03. The van der Waals surface area contributed by atoms with E-state index in [0.717, 1.165) is 24.0 Å². The maximum absolute atomic E-state index is 12.8. The third-order valence-electron chi connectivity index (χ3n) is 5.35. The Hall–Kier alpha value is -1.60. The molecule has 1 aliphatic heterocycles. The second kappa shape index (κ2) is 6.96. The van der Waals surface area contributed by atoms with Crippen LogP contribution in [-0.4, -0.2) is 30.5 Å². The van der Waals surface area contributed by atoms with Gasteiger partial charge in [0.15, 0.2) is 0 Å². The zero-order valence-electron chi connectivity index (χ0n) is 15.5. The molecule has 1 atom stereocenters. The Kier molecular flexibility index (Phi) is 5.06. The van der Waals surface area contributed by atoms with Gasteiger partial charge in [-0.05, 0) is 57.0 Å². The minimum absolute atomic E-state index is 0.0942. The van der Waals surface area contributed by atoms with Crippen LogP contribution in [0.15, 0.2) is 42.0 Å². The van der Waals surface area contributed by atoms with Crippen LogP contribution in [-0.2, 0) is 0 Å². The summed E-state index contributed by atoms with van der Waals surface area (Å²) in [5.41, 5.74) is 3.57. The van der Waals surface area contributed by atoms with Crippen LogP contribution in [0.2, 0.25) is 0 Å². The molecule has 4 heteroatoms. The molecule has 1 amide bonds. The molecule has 0 radical (unpaired) electrons. The standard InChI is InChI=1S/C21H28NO2P/c1-5-24-19-9-17(25)6-7-18(19)20(23)22-12-21(13-22)10-16(11-21)15(4)8-14(2)3/h6-9,16H,2,5,10-13,25H2,1,3-4H3/b15-8+. The maximum Gasteiger partial charge on any atom is 0.257 e. The quantitative estimate of drug-likeness (QED) is 0.590. The number of carbonyl (C=O) groups excluding carboxylic acids is 1. The normalized spacial score (nSPS) is 19.4. The smallest absolute Gasteiger partial charge is 0.257 e. The molecule has 2 aliphatic rings. The monoisotopic (exact) mass is 357 g/mol. The van der Waals surface area contributed by atoms with Crippen LogP contribution in [0.25, 0.3) is 0 Å². The van der Waals surface area contributed by atoms with Gasteiger partial charge in [0, 0.05) is 18.5 Å². The van der Waals surface area contributed by atoms with Gasteiger partial charge in [0.25, 0.3) is 5.91 Å². The van der Waals surface area contributed by atoms with E-state index in [9.17, 15) is 4.79 Å². The highest BCUT2D eigenvalue weighted by Crippen LogP contribution is 2.54. The third-order valence-corrected chi connectivity index (χ3v) is 5.71. The van der Waals surface area contributed by atoms with Crippen molar-refractivity contribution in [3.05, 3.63) is 47.6 Å². The van der Waals surface area contributed by atoms with Crippen molar-refractivity contribution in [1.29, 1.82) is 0 Å². The summed E-state index contributed by atoms with van der Waals surface area (Å²) in [7, 11) is 2.65. The van der Waals surface area contributed by atoms with Gasteiger partial charge < -0.3 is 9.64 Å². The molecular formula is C21H28NO2P. The molecule has 25 heavy (non-hydrogen) atoms. The Morgan fingerprint density at radius 3 is 2.68 bits per heavy atom. The number of rotatable bonds is 5. The van der Waals surface area contributed by atoms with Crippen molar-refractivity contribution in [2.24, 2.45) is 11.3 Å². The average Bonchev–Trinajstić information content (AvgIpc) is 2.43. The fraction of sp³-hybridized carbons (Fsp3) is 0.476. The van der Waals surface area contributed by atoms with E-state index in [-0.39, 0.29) is 5.91 Å². The van der Waals surface area contributed by atoms with Gasteiger partial charge in [0.1, 0.15) is 5.75 Å². The van der Waals surface area contributed by atoms with Gasteiger partial charge in [-0.15, -0.1) is 9.24 Å². The maximum atomic E-state index is 12.8. The number of benzene rings is 1. The largest absolute Gasteiger partial charge is 0.493 e. The van der Waals surface area contributed by atoms with E-state index in [1.54, 1.807) is 0 Å². The number of nitrogens with zero attached hydrogens (tertiary/aromatic N) is 1. The first-order valence-corrected chi connectivity index (χ1v) is 9.56. The lowest BCUT2D eigenvalue weighted by Gasteiger charge is -2.59. The van der Waals surface area contributed by atoms with E-state index in [4.69, 9.17) is 4.74 Å². The van der Waals surface area contributed by atoms with Gasteiger partial charge in [-0.1, -0.05) is 29.9 Å². The molecule has 1 saturated carbocycles. The van der Waals surface area contributed by atoms with Gasteiger partial charge in [-0.25, -0.2) is 0 Å². The molecule has 1 unspecified atom stereocenters. The number of carbonyl (C=O) groups is 1. The van der Waals surface area contributed by atoms with Crippen LogP contribution in [0.1, 0.15) is 44.0 Å². The molecule has 1 aromatic carbocycles. The fourth-order valence-corrected chi connectivity index (χ4v) is 4.39. The third kappa shape index (κ3) is 3.67. The summed E-state index contributed by atoms with van der Waals surface area (Å²) in [6.45, 7) is 12.5. The molecule has 1 heterocycles. The van der Waals surface area contributed by atoms with E-state index in [1.165, 1.54) is 18.4 Å². The second-order valence-electron chi connectivity index (χ2n) is 7.69. The van der Waals surface area contributed by atoms with E-state index in [1.807, 2.05) is 36.9 Å². The number of likely N-dealkylation sites (tertiary alicyclic amines) is 1. The Labute approximate surface area is 153 Å². The fourth-order valence-electron chi connectivity index (χ4n) is 4.14. The van der Waals surface area contributed by atoms with Crippen LogP contribution in [0, 0.1) is 11.3 Å². The summed E-state index contributed by atoms with van der Waals surface area (Å²) < 4.78 is 5.66. The summed E-state index contributed by atoms with van der Waals surface area (Å²) in [6, 6.07) is 5.74. The van der Waals surface area contributed by atoms with Crippen LogP contribution in [0.5, 0.6) is 5.75 Å². The first-order valence-electron chi connectivity index (χ1n) is 8.99. The minimum atomic E-state index is 0.0942. The molecule has 1 aliphatic carbocycles. The molecule has 2 fully saturated rings. The minimum Gasteiger partial charge on any atom is -0.493 e. The van der Waals surface area contributed by atoms with E-state index < -0.39 is 0 Å². The predicted molar refractivity (Wildman–Crippen MR) is 107 cm³/mol. The number of hydrogen-bond acceptors (Lipinski definition) is 2. The highest BCUT2D eigenvalue weighted by molar-refractivity contribution is 7.27. The molecule has 3 nitrogen and oxygen atoms in total. The predicted octanol–water partition coefficient (Wildman–Crippen LogP) is 3.96. The number of amides is 1. The molecule has 0 aromatic heterocycles. The summed E-state index contributed by atoms with van der Waals surface area (Å²) in [6.07, 6.45) is 4.57. The molecule has 3 rings (SSSR count). The molecule has 1 spiro atoms. The van der Waals surface area contributed by atoms with Crippen LogP contribution >= 0.6 is 9.24 Å². The van der Waals surface area contributed by atoms with Gasteiger partial charge >= 0.3 is 0 Å². The summed E-state index contributed by atoms with van der Waals surface area (Å²) in [5.74, 6) is 1.44. The zero-order chi connectivity index (χ0) is 18.2. The van der Waals surface area contributed by atoms with Crippen molar-refractivity contribution >= 4 is 20.5 Å². The Morgan fingerprint density at radius 1 is 1.40 bits per heavy atom. The Balaban J connectivity index is 1.61. The second-order valence-corrected chi connectivity index (χ2v) is 8.36. The molecular weight excluding hydrogens is 329 g/mol. The van der Waals surface area contributed by atoms with Crippen molar-refractivity contribution in [3.8, 4) is 5.75 Å². The topological polar surface area (TPSA) is 29.5 Å². The molecule has 1 saturated heterocycles. The molecule has 134 valence electrons. The first kappa shape index (κ1) is 18.2. The van der Waals surface area contributed by atoms with Gasteiger partial charge in [-0.3, -0.25) is 4.79 Å². The van der Waals surface area contributed by atoms with Gasteiger partial charge in [0.05, 0.1) is 12.2 Å². The van der Waals surface area contributed by atoms with Crippen molar-refractivity contribution in [2.75, 3.05) is 19.7 Å². The van der Waals surface area contributed by atoms with Gasteiger partial charge in [0.2, 0.25) is 0 Å². The summed E-state index contributed by atoms with van der Waals surface area (Å²) >= 11 is 0. The van der Waals surface area contributed by atoms with Crippen LogP contribution in [0.4, 0.5) is 0 Å². The number of hydrogen-bond donors (Lipinski definition) is 0. The SMILES string of the molecule is C=C(C)/C=C(\C)C1CC2(C1)CN(C(=O)c1ccc(P)cc1OCC)C2. The summed E-state index contributed by atoms with van der Waals surface area (Å²) in [4.78, 5) is 14.8. The molecule has 0 N–H and O–H groups in total. The van der Waals surface area contributed by atoms with Gasteiger partial charge in [-0.2, -0.15) is 0 Å². The first-order chi connectivity index (χ1) is 11.8. The van der Waals surface area contributed by atoms with Crippen molar-refractivity contribution in [3.63, 3.8) is 0 Å². The van der Waals surface area contributed by atoms with Crippen molar-refractivity contribution in [2.45, 2.75) is 33.6 Å².